The van der Waals surface area contributed by atoms with Crippen molar-refractivity contribution in [3.63, 3.8) is 0 Å². The summed E-state index contributed by atoms with van der Waals surface area (Å²) in [6.07, 6.45) is 2.92. The number of anilines is 2. The largest absolute Gasteiger partial charge is 0.326 e. The minimum Gasteiger partial charge on any atom is -0.326 e. The SMILES string of the molecule is CC(=O)Nc1cccc(NC(=O)Cc2ccc(S(=O)(=O)N3CCCCC3)s2)c1. The van der Waals surface area contributed by atoms with Gasteiger partial charge in [-0.2, -0.15) is 4.31 Å². The Kier molecular flexibility index (Phi) is 6.48. The molecule has 0 aliphatic carbocycles. The van der Waals surface area contributed by atoms with Gasteiger partial charge in [-0.05, 0) is 43.2 Å². The van der Waals surface area contributed by atoms with E-state index in [2.05, 4.69) is 10.6 Å². The number of carbonyl (C=O) groups is 2. The molecule has 1 aliphatic heterocycles. The quantitative estimate of drug-likeness (QED) is 0.749. The van der Waals surface area contributed by atoms with E-state index in [0.717, 1.165) is 30.6 Å². The number of rotatable bonds is 6. The summed E-state index contributed by atoms with van der Waals surface area (Å²) in [5, 5.41) is 5.43. The number of hydrogen-bond donors (Lipinski definition) is 2. The van der Waals surface area contributed by atoms with Gasteiger partial charge in [0.1, 0.15) is 4.21 Å². The van der Waals surface area contributed by atoms with E-state index in [1.54, 1.807) is 36.4 Å². The first-order chi connectivity index (χ1) is 13.3. The normalized spacial score (nSPS) is 15.2. The number of nitrogens with one attached hydrogen (secondary N) is 2. The Hall–Kier alpha value is -2.23. The Balaban J connectivity index is 1.63. The maximum absolute atomic E-state index is 12.7. The van der Waals surface area contributed by atoms with Crippen molar-refractivity contribution in [2.45, 2.75) is 36.8 Å². The first kappa shape index (κ1) is 20.5. The Bertz CT molecular complexity index is 963. The van der Waals surface area contributed by atoms with Crippen molar-refractivity contribution in [3.8, 4) is 0 Å². The van der Waals surface area contributed by atoms with Crippen molar-refractivity contribution in [1.29, 1.82) is 0 Å². The van der Waals surface area contributed by atoms with Crippen LogP contribution in [0.15, 0.2) is 40.6 Å². The molecule has 2 aromatic rings. The molecule has 2 amide bonds. The molecule has 1 saturated heterocycles. The van der Waals surface area contributed by atoms with E-state index < -0.39 is 10.0 Å². The van der Waals surface area contributed by atoms with Gasteiger partial charge in [-0.25, -0.2) is 8.42 Å². The zero-order chi connectivity index (χ0) is 20.1. The van der Waals surface area contributed by atoms with Gasteiger partial charge in [0, 0.05) is 36.3 Å². The van der Waals surface area contributed by atoms with Gasteiger partial charge < -0.3 is 10.6 Å². The van der Waals surface area contributed by atoms with Crippen LogP contribution in [-0.2, 0) is 26.0 Å². The summed E-state index contributed by atoms with van der Waals surface area (Å²) in [7, 11) is -3.47. The van der Waals surface area contributed by atoms with Crippen LogP contribution in [0.1, 0.15) is 31.1 Å². The summed E-state index contributed by atoms with van der Waals surface area (Å²) in [4.78, 5) is 24.1. The van der Waals surface area contributed by atoms with E-state index in [0.29, 0.717) is 29.3 Å². The molecule has 3 rings (SSSR count). The maximum atomic E-state index is 12.7. The van der Waals surface area contributed by atoms with Gasteiger partial charge in [0.15, 0.2) is 0 Å². The van der Waals surface area contributed by atoms with Crippen LogP contribution in [0.25, 0.3) is 0 Å². The fourth-order valence-corrected chi connectivity index (χ4v) is 6.09. The molecule has 0 unspecified atom stereocenters. The zero-order valence-corrected chi connectivity index (χ0v) is 17.2. The van der Waals surface area contributed by atoms with Crippen LogP contribution in [0.5, 0.6) is 0 Å². The Labute approximate surface area is 168 Å². The van der Waals surface area contributed by atoms with Crippen molar-refractivity contribution in [2.75, 3.05) is 23.7 Å². The summed E-state index contributed by atoms with van der Waals surface area (Å²) in [6, 6.07) is 10.1. The van der Waals surface area contributed by atoms with Gasteiger partial charge in [0.05, 0.1) is 6.42 Å². The van der Waals surface area contributed by atoms with Crippen molar-refractivity contribution in [3.05, 3.63) is 41.3 Å². The third-order valence-electron chi connectivity index (χ3n) is 4.35. The predicted octanol–water partition coefficient (Wildman–Crippen LogP) is 3.06. The lowest BCUT2D eigenvalue weighted by Gasteiger charge is -2.25. The highest BCUT2D eigenvalue weighted by Crippen LogP contribution is 2.27. The first-order valence-corrected chi connectivity index (χ1v) is 11.4. The van der Waals surface area contributed by atoms with Crippen LogP contribution >= 0.6 is 11.3 Å². The molecule has 1 aromatic heterocycles. The number of piperidine rings is 1. The van der Waals surface area contributed by atoms with Crippen LogP contribution in [-0.4, -0.2) is 37.6 Å². The minimum absolute atomic E-state index is 0.0878. The Morgan fingerprint density at radius 3 is 2.39 bits per heavy atom. The Morgan fingerprint density at radius 1 is 1.04 bits per heavy atom. The van der Waals surface area contributed by atoms with Crippen molar-refractivity contribution in [2.24, 2.45) is 0 Å². The van der Waals surface area contributed by atoms with Crippen LogP contribution in [0.3, 0.4) is 0 Å². The lowest BCUT2D eigenvalue weighted by atomic mass is 10.2. The monoisotopic (exact) mass is 421 g/mol. The summed E-state index contributed by atoms with van der Waals surface area (Å²) in [5.41, 5.74) is 1.16. The highest BCUT2D eigenvalue weighted by atomic mass is 32.2. The van der Waals surface area contributed by atoms with Gasteiger partial charge in [0.25, 0.3) is 10.0 Å². The lowest BCUT2D eigenvalue weighted by Crippen LogP contribution is -2.35. The van der Waals surface area contributed by atoms with Crippen LogP contribution in [0, 0.1) is 0 Å². The van der Waals surface area contributed by atoms with E-state index in [4.69, 9.17) is 0 Å². The molecular weight excluding hydrogens is 398 g/mol. The van der Waals surface area contributed by atoms with E-state index in [1.165, 1.54) is 11.2 Å². The number of nitrogens with zero attached hydrogens (tertiary/aromatic N) is 1. The van der Waals surface area contributed by atoms with Gasteiger partial charge >= 0.3 is 0 Å². The maximum Gasteiger partial charge on any atom is 0.252 e. The number of sulfonamides is 1. The number of benzene rings is 1. The predicted molar refractivity (Wildman–Crippen MR) is 110 cm³/mol. The number of thiophene rings is 1. The van der Waals surface area contributed by atoms with Crippen molar-refractivity contribution in [1.82, 2.24) is 4.31 Å². The molecule has 0 radical (unpaired) electrons. The first-order valence-electron chi connectivity index (χ1n) is 9.11. The van der Waals surface area contributed by atoms with Gasteiger partial charge in [-0.1, -0.05) is 12.5 Å². The second-order valence-electron chi connectivity index (χ2n) is 6.67. The topological polar surface area (TPSA) is 95.6 Å². The molecule has 150 valence electrons. The zero-order valence-electron chi connectivity index (χ0n) is 15.6. The molecule has 1 aromatic carbocycles. The number of carbonyl (C=O) groups excluding carboxylic acids is 2. The third kappa shape index (κ3) is 5.18. The summed E-state index contributed by atoms with van der Waals surface area (Å²) < 4.78 is 27.2. The molecule has 9 heteroatoms. The second-order valence-corrected chi connectivity index (χ2v) is 10.0. The highest BCUT2D eigenvalue weighted by Gasteiger charge is 2.27. The van der Waals surface area contributed by atoms with E-state index >= 15 is 0 Å². The average molecular weight is 422 g/mol. The van der Waals surface area contributed by atoms with E-state index in [-0.39, 0.29) is 22.4 Å². The van der Waals surface area contributed by atoms with Crippen molar-refractivity contribution < 1.29 is 18.0 Å². The molecule has 0 saturated carbocycles. The standard InChI is InChI=1S/C19H23N3O4S2/c1-14(23)20-15-6-5-7-16(12-15)21-18(24)13-17-8-9-19(27-17)28(25,26)22-10-3-2-4-11-22/h5-9,12H,2-4,10-11,13H2,1H3,(H,20,23)(H,21,24). The lowest BCUT2D eigenvalue weighted by molar-refractivity contribution is -0.115. The van der Waals surface area contributed by atoms with Crippen LogP contribution in [0.4, 0.5) is 11.4 Å². The summed E-state index contributed by atoms with van der Waals surface area (Å²) >= 11 is 1.14. The fraction of sp³-hybridized carbons (Fsp3) is 0.368. The molecule has 28 heavy (non-hydrogen) atoms. The van der Waals surface area contributed by atoms with E-state index in [1.807, 2.05) is 0 Å². The molecule has 2 heterocycles. The number of amides is 2. The summed E-state index contributed by atoms with van der Waals surface area (Å²) in [5.74, 6) is -0.437. The highest BCUT2D eigenvalue weighted by molar-refractivity contribution is 7.91. The van der Waals surface area contributed by atoms with Crippen molar-refractivity contribution >= 4 is 44.5 Å². The second kappa shape index (κ2) is 8.85. The molecule has 0 spiro atoms. The molecular formula is C19H23N3O4S2. The molecule has 0 atom stereocenters. The molecule has 7 nitrogen and oxygen atoms in total. The Morgan fingerprint density at radius 2 is 1.71 bits per heavy atom. The van der Waals surface area contributed by atoms with Crippen LogP contribution in [0.2, 0.25) is 0 Å². The van der Waals surface area contributed by atoms with Gasteiger partial charge in [-0.15, -0.1) is 11.3 Å². The van der Waals surface area contributed by atoms with E-state index in [9.17, 15) is 18.0 Å². The fourth-order valence-electron chi connectivity index (χ4n) is 3.07. The number of hydrogen-bond acceptors (Lipinski definition) is 5. The smallest absolute Gasteiger partial charge is 0.252 e. The third-order valence-corrected chi connectivity index (χ3v) is 7.80. The molecule has 2 N–H and O–H groups in total. The molecule has 1 aliphatic rings. The minimum atomic E-state index is -3.47. The average Bonchev–Trinajstić information content (AvgIpc) is 3.11. The summed E-state index contributed by atoms with van der Waals surface area (Å²) in [6.45, 7) is 2.53. The van der Waals surface area contributed by atoms with Crippen LogP contribution < -0.4 is 10.6 Å². The molecule has 0 bridgehead atoms. The van der Waals surface area contributed by atoms with Gasteiger partial charge in [0.2, 0.25) is 11.8 Å². The molecule has 1 fully saturated rings. The van der Waals surface area contributed by atoms with Gasteiger partial charge in [-0.3, -0.25) is 9.59 Å².